The lowest BCUT2D eigenvalue weighted by Crippen LogP contribution is -2.48. The van der Waals surface area contributed by atoms with Crippen molar-refractivity contribution in [1.82, 2.24) is 5.32 Å². The Labute approximate surface area is 126 Å². The van der Waals surface area contributed by atoms with Gasteiger partial charge in [-0.2, -0.15) is 11.8 Å². The summed E-state index contributed by atoms with van der Waals surface area (Å²) < 4.78 is 0.0921. The second-order valence-corrected chi connectivity index (χ2v) is 8.08. The molecule has 0 heterocycles. The number of carboxylic acid groups (broad SMARTS) is 1. The number of carbonyl (C=O) groups excluding carboxylic acids is 1. The van der Waals surface area contributed by atoms with Crippen LogP contribution in [0.1, 0.15) is 52.9 Å². The van der Waals surface area contributed by atoms with Crippen LogP contribution in [0.2, 0.25) is 0 Å². The lowest BCUT2D eigenvalue weighted by molar-refractivity contribution is -0.151. The Morgan fingerprint density at radius 1 is 1.25 bits per heavy atom. The molecule has 1 aliphatic rings. The monoisotopic (exact) mass is 301 g/mol. The summed E-state index contributed by atoms with van der Waals surface area (Å²) in [5.74, 6) is -2.40. The van der Waals surface area contributed by atoms with Gasteiger partial charge in [0.15, 0.2) is 0 Å². The molecule has 1 aliphatic carbocycles. The fraction of sp³-hybridized carbons (Fsp3) is 0.867. The van der Waals surface area contributed by atoms with Crippen molar-refractivity contribution >= 4 is 23.6 Å². The molecule has 5 heteroatoms. The Kier molecular flexibility index (Phi) is 5.92. The second kappa shape index (κ2) is 6.83. The number of nitrogens with one attached hydrogen (secondary N) is 1. The van der Waals surface area contributed by atoms with Gasteiger partial charge in [-0.1, -0.05) is 40.0 Å². The van der Waals surface area contributed by atoms with Crippen LogP contribution in [0, 0.1) is 11.3 Å². The number of amides is 1. The van der Waals surface area contributed by atoms with Crippen molar-refractivity contribution in [3.63, 3.8) is 0 Å². The van der Waals surface area contributed by atoms with Crippen LogP contribution in [0.25, 0.3) is 0 Å². The van der Waals surface area contributed by atoms with Gasteiger partial charge in [-0.3, -0.25) is 9.59 Å². The highest BCUT2D eigenvalue weighted by molar-refractivity contribution is 8.00. The SMILES string of the molecule is CSC1(CNC(=O)C(C(=O)O)C(C)(C)C)CCCCC1. The molecule has 0 aromatic rings. The Bertz CT molecular complexity index is 357. The maximum absolute atomic E-state index is 12.2. The van der Waals surface area contributed by atoms with E-state index in [0.29, 0.717) is 6.54 Å². The van der Waals surface area contributed by atoms with Crippen LogP contribution in [0.3, 0.4) is 0 Å². The first-order valence-electron chi connectivity index (χ1n) is 7.27. The van der Waals surface area contributed by atoms with Gasteiger partial charge >= 0.3 is 5.97 Å². The van der Waals surface area contributed by atoms with Crippen molar-refractivity contribution < 1.29 is 14.7 Å². The van der Waals surface area contributed by atoms with Gasteiger partial charge in [0.1, 0.15) is 5.92 Å². The predicted octanol–water partition coefficient (Wildman–Crippen LogP) is 2.92. The number of aliphatic carboxylic acids is 1. The summed E-state index contributed by atoms with van der Waals surface area (Å²) in [7, 11) is 0. The lowest BCUT2D eigenvalue weighted by atomic mass is 9.80. The molecule has 0 aromatic heterocycles. The molecule has 1 atom stereocenters. The Morgan fingerprint density at radius 3 is 2.20 bits per heavy atom. The van der Waals surface area contributed by atoms with E-state index < -0.39 is 17.3 Å². The van der Waals surface area contributed by atoms with Gasteiger partial charge in [0.25, 0.3) is 0 Å². The van der Waals surface area contributed by atoms with E-state index in [2.05, 4.69) is 11.6 Å². The highest BCUT2D eigenvalue weighted by Crippen LogP contribution is 2.38. The fourth-order valence-corrected chi connectivity index (χ4v) is 3.79. The maximum Gasteiger partial charge on any atom is 0.316 e. The third-order valence-corrected chi connectivity index (χ3v) is 5.58. The van der Waals surface area contributed by atoms with E-state index in [1.807, 2.05) is 0 Å². The third kappa shape index (κ3) is 4.40. The molecule has 20 heavy (non-hydrogen) atoms. The first-order chi connectivity index (χ1) is 9.22. The summed E-state index contributed by atoms with van der Waals surface area (Å²) in [6, 6.07) is 0. The molecule has 0 radical (unpaired) electrons. The fourth-order valence-electron chi connectivity index (χ4n) is 2.88. The molecular formula is C15H27NO3S. The largest absolute Gasteiger partial charge is 0.481 e. The standard InChI is InChI=1S/C15H27NO3S/c1-14(2,3)11(13(18)19)12(17)16-10-15(20-4)8-6-5-7-9-15/h11H,5-10H2,1-4H3,(H,16,17)(H,18,19). The molecule has 2 N–H and O–H groups in total. The van der Waals surface area contributed by atoms with Crippen LogP contribution >= 0.6 is 11.8 Å². The predicted molar refractivity (Wildman–Crippen MR) is 82.9 cm³/mol. The zero-order valence-electron chi connectivity index (χ0n) is 13.0. The zero-order valence-corrected chi connectivity index (χ0v) is 13.8. The second-order valence-electron chi connectivity index (χ2n) is 6.80. The minimum Gasteiger partial charge on any atom is -0.481 e. The van der Waals surface area contributed by atoms with E-state index in [1.54, 1.807) is 32.5 Å². The molecule has 0 saturated heterocycles. The quantitative estimate of drug-likeness (QED) is 0.766. The Hall–Kier alpha value is -0.710. The van der Waals surface area contributed by atoms with E-state index in [0.717, 1.165) is 12.8 Å². The molecular weight excluding hydrogens is 274 g/mol. The van der Waals surface area contributed by atoms with Gasteiger partial charge in [0, 0.05) is 11.3 Å². The van der Waals surface area contributed by atoms with E-state index >= 15 is 0 Å². The molecule has 4 nitrogen and oxygen atoms in total. The van der Waals surface area contributed by atoms with E-state index in [-0.39, 0.29) is 10.7 Å². The topological polar surface area (TPSA) is 66.4 Å². The Morgan fingerprint density at radius 2 is 1.80 bits per heavy atom. The van der Waals surface area contributed by atoms with E-state index in [1.165, 1.54) is 19.3 Å². The van der Waals surface area contributed by atoms with Crippen LogP contribution in [0.4, 0.5) is 0 Å². The van der Waals surface area contributed by atoms with E-state index in [9.17, 15) is 14.7 Å². The highest BCUT2D eigenvalue weighted by atomic mass is 32.2. The molecule has 1 amide bonds. The first kappa shape index (κ1) is 17.3. The summed E-state index contributed by atoms with van der Waals surface area (Å²) in [4.78, 5) is 23.6. The van der Waals surface area contributed by atoms with Crippen molar-refractivity contribution in [2.45, 2.75) is 57.6 Å². The van der Waals surface area contributed by atoms with Gasteiger partial charge in [0.05, 0.1) is 0 Å². The molecule has 1 unspecified atom stereocenters. The van der Waals surface area contributed by atoms with Crippen LogP contribution in [-0.2, 0) is 9.59 Å². The molecule has 0 spiro atoms. The summed E-state index contributed by atoms with van der Waals surface area (Å²) >= 11 is 1.80. The lowest BCUT2D eigenvalue weighted by Gasteiger charge is -2.36. The average molecular weight is 301 g/mol. The van der Waals surface area contributed by atoms with Crippen LogP contribution in [0.15, 0.2) is 0 Å². The average Bonchev–Trinajstić information content (AvgIpc) is 2.35. The van der Waals surface area contributed by atoms with Crippen molar-refractivity contribution in [3.05, 3.63) is 0 Å². The minimum absolute atomic E-state index is 0.0921. The van der Waals surface area contributed by atoms with Crippen molar-refractivity contribution in [1.29, 1.82) is 0 Å². The number of thioether (sulfide) groups is 1. The minimum atomic E-state index is -1.04. The zero-order chi connectivity index (χ0) is 15.4. The number of carboxylic acids is 1. The van der Waals surface area contributed by atoms with E-state index in [4.69, 9.17) is 0 Å². The van der Waals surface area contributed by atoms with Gasteiger partial charge in [-0.05, 0) is 24.5 Å². The maximum atomic E-state index is 12.2. The summed E-state index contributed by atoms with van der Waals surface area (Å²) in [6.45, 7) is 5.94. The number of carbonyl (C=O) groups is 2. The molecule has 1 rings (SSSR count). The van der Waals surface area contributed by atoms with Crippen LogP contribution in [-0.4, -0.2) is 34.5 Å². The molecule has 0 bridgehead atoms. The number of hydrogen-bond acceptors (Lipinski definition) is 3. The third-order valence-electron chi connectivity index (χ3n) is 4.16. The van der Waals surface area contributed by atoms with Crippen molar-refractivity contribution in [2.24, 2.45) is 11.3 Å². The molecule has 1 saturated carbocycles. The number of hydrogen-bond donors (Lipinski definition) is 2. The van der Waals surface area contributed by atoms with Crippen molar-refractivity contribution in [2.75, 3.05) is 12.8 Å². The normalized spacial score (nSPS) is 20.2. The summed E-state index contributed by atoms with van der Waals surface area (Å²) in [5.41, 5.74) is -0.574. The Balaban J connectivity index is 2.67. The van der Waals surface area contributed by atoms with Gasteiger partial charge in [0.2, 0.25) is 5.91 Å². The van der Waals surface area contributed by atoms with Gasteiger partial charge in [-0.25, -0.2) is 0 Å². The van der Waals surface area contributed by atoms with Gasteiger partial charge in [-0.15, -0.1) is 0 Å². The summed E-state index contributed by atoms with van der Waals surface area (Å²) in [6.07, 6.45) is 7.92. The van der Waals surface area contributed by atoms with Crippen LogP contribution < -0.4 is 5.32 Å². The highest BCUT2D eigenvalue weighted by Gasteiger charge is 2.39. The number of rotatable bonds is 5. The van der Waals surface area contributed by atoms with Crippen molar-refractivity contribution in [3.8, 4) is 0 Å². The molecule has 1 fully saturated rings. The molecule has 0 aliphatic heterocycles. The molecule has 116 valence electrons. The first-order valence-corrected chi connectivity index (χ1v) is 8.50. The summed E-state index contributed by atoms with van der Waals surface area (Å²) in [5, 5.41) is 12.2. The van der Waals surface area contributed by atoms with Crippen LogP contribution in [0.5, 0.6) is 0 Å². The molecule has 0 aromatic carbocycles. The van der Waals surface area contributed by atoms with Gasteiger partial charge < -0.3 is 10.4 Å². The smallest absolute Gasteiger partial charge is 0.316 e.